The number of hydrogen-bond acceptors (Lipinski definition) is 3. The predicted molar refractivity (Wildman–Crippen MR) is 52.4 cm³/mol. The first-order valence-corrected chi connectivity index (χ1v) is 5.09. The molecule has 1 fully saturated rings. The number of methoxy groups -OCH3 is 1. The van der Waals surface area contributed by atoms with Gasteiger partial charge in [0.2, 0.25) is 0 Å². The van der Waals surface area contributed by atoms with Crippen molar-refractivity contribution in [3.63, 3.8) is 0 Å². The molecule has 1 rings (SSSR count). The maximum atomic E-state index is 8.91. The molecule has 1 aliphatic carbocycles. The topological polar surface area (TPSA) is 49.7 Å². The summed E-state index contributed by atoms with van der Waals surface area (Å²) in [5.41, 5.74) is 0. The van der Waals surface area contributed by atoms with Crippen molar-refractivity contribution in [3.8, 4) is 0 Å². The molecule has 0 aromatic rings. The van der Waals surface area contributed by atoms with E-state index in [1.54, 1.807) is 0 Å². The van der Waals surface area contributed by atoms with Crippen molar-refractivity contribution in [2.24, 2.45) is 0 Å². The van der Waals surface area contributed by atoms with Gasteiger partial charge < -0.3 is 14.9 Å². The van der Waals surface area contributed by atoms with Crippen LogP contribution < -0.4 is 0 Å². The van der Waals surface area contributed by atoms with E-state index in [9.17, 15) is 0 Å². The molecule has 0 radical (unpaired) electrons. The maximum Gasteiger partial charge on any atom is 0.153 e. The normalized spacial score (nSPS) is 20.3. The van der Waals surface area contributed by atoms with Gasteiger partial charge in [-0.1, -0.05) is 26.2 Å². The lowest BCUT2D eigenvalue weighted by Gasteiger charge is -2.14. The van der Waals surface area contributed by atoms with Crippen LogP contribution in [0.4, 0.5) is 0 Å². The first-order chi connectivity index (χ1) is 6.20. The molecule has 0 amide bonds. The summed E-state index contributed by atoms with van der Waals surface area (Å²) in [7, 11) is 1.48. The molecule has 1 saturated carbocycles. The van der Waals surface area contributed by atoms with Gasteiger partial charge in [-0.2, -0.15) is 0 Å². The van der Waals surface area contributed by atoms with Gasteiger partial charge in [-0.3, -0.25) is 0 Å². The van der Waals surface area contributed by atoms with E-state index in [1.807, 2.05) is 6.92 Å². The van der Waals surface area contributed by atoms with E-state index in [-0.39, 0.29) is 6.10 Å². The van der Waals surface area contributed by atoms with Gasteiger partial charge in [-0.05, 0) is 19.3 Å². The van der Waals surface area contributed by atoms with Crippen LogP contribution >= 0.6 is 0 Å². The van der Waals surface area contributed by atoms with Crippen LogP contribution in [0.1, 0.15) is 45.4 Å². The quantitative estimate of drug-likeness (QED) is 0.651. The molecular weight excluding hydrogens is 168 g/mol. The van der Waals surface area contributed by atoms with Crippen LogP contribution in [0, 0.1) is 0 Å². The fraction of sp³-hybridized carbons (Fsp3) is 1.00. The van der Waals surface area contributed by atoms with Crippen molar-refractivity contribution in [2.45, 2.75) is 57.8 Å². The van der Waals surface area contributed by atoms with E-state index >= 15 is 0 Å². The third-order valence-electron chi connectivity index (χ3n) is 2.20. The second-order valence-electron chi connectivity index (χ2n) is 3.39. The summed E-state index contributed by atoms with van der Waals surface area (Å²) in [5, 5.41) is 17.4. The molecule has 3 heteroatoms. The zero-order chi connectivity index (χ0) is 10.1. The number of rotatable bonds is 2. The summed E-state index contributed by atoms with van der Waals surface area (Å²) in [6.45, 7) is 1.86. The Morgan fingerprint density at radius 2 is 1.85 bits per heavy atom. The minimum atomic E-state index is -0.565. The zero-order valence-corrected chi connectivity index (χ0v) is 8.70. The highest BCUT2D eigenvalue weighted by molar-refractivity contribution is 4.61. The van der Waals surface area contributed by atoms with Crippen LogP contribution in [0.2, 0.25) is 0 Å². The fourth-order valence-corrected chi connectivity index (χ4v) is 1.25. The summed E-state index contributed by atoms with van der Waals surface area (Å²) in [6.07, 6.45) is 6.02. The van der Waals surface area contributed by atoms with Gasteiger partial charge in [0.05, 0.1) is 6.10 Å². The Bertz CT molecular complexity index is 96.3. The van der Waals surface area contributed by atoms with Crippen LogP contribution in [0.3, 0.4) is 0 Å². The Labute approximate surface area is 80.7 Å². The van der Waals surface area contributed by atoms with Gasteiger partial charge in [0.25, 0.3) is 0 Å². The highest BCUT2D eigenvalue weighted by Crippen LogP contribution is 2.16. The third-order valence-corrected chi connectivity index (χ3v) is 2.20. The minimum absolute atomic E-state index is 0.0359. The molecule has 13 heavy (non-hydrogen) atoms. The first-order valence-electron chi connectivity index (χ1n) is 5.09. The molecule has 80 valence electrons. The van der Waals surface area contributed by atoms with Crippen LogP contribution in [0.25, 0.3) is 0 Å². The monoisotopic (exact) mass is 190 g/mol. The molecule has 0 bridgehead atoms. The maximum absolute atomic E-state index is 8.91. The predicted octanol–water partition coefficient (Wildman–Crippen LogP) is 1.67. The van der Waals surface area contributed by atoms with E-state index in [0.29, 0.717) is 6.42 Å². The van der Waals surface area contributed by atoms with Gasteiger partial charge in [0.15, 0.2) is 6.29 Å². The Morgan fingerprint density at radius 3 is 2.00 bits per heavy atom. The van der Waals surface area contributed by atoms with Crippen molar-refractivity contribution in [2.75, 3.05) is 7.11 Å². The minimum Gasteiger partial charge on any atom is -0.393 e. The summed E-state index contributed by atoms with van der Waals surface area (Å²) >= 11 is 0. The number of ether oxygens (including phenoxy) is 1. The largest absolute Gasteiger partial charge is 0.393 e. The fourth-order valence-electron chi connectivity index (χ4n) is 1.25. The summed E-state index contributed by atoms with van der Waals surface area (Å²) in [6, 6.07) is 0. The second-order valence-corrected chi connectivity index (χ2v) is 3.39. The first kappa shape index (κ1) is 12.9. The molecule has 0 heterocycles. The lowest BCUT2D eigenvalue weighted by Crippen LogP contribution is -2.09. The highest BCUT2D eigenvalue weighted by atomic mass is 16.6. The van der Waals surface area contributed by atoms with Crippen molar-refractivity contribution in [1.29, 1.82) is 0 Å². The van der Waals surface area contributed by atoms with E-state index in [1.165, 1.54) is 26.4 Å². The van der Waals surface area contributed by atoms with E-state index in [2.05, 4.69) is 4.74 Å². The Hall–Kier alpha value is -0.120. The van der Waals surface area contributed by atoms with Gasteiger partial charge in [-0.15, -0.1) is 0 Å². The molecule has 0 aliphatic heterocycles. The standard InChI is InChI=1S/C6H12O.C4H10O2/c7-6-4-2-1-3-5-6;1-3-4(5)6-2/h6-7H,1-5H2;4-5H,3H2,1-2H3. The van der Waals surface area contributed by atoms with Crippen molar-refractivity contribution < 1.29 is 14.9 Å². The van der Waals surface area contributed by atoms with Gasteiger partial charge in [0.1, 0.15) is 0 Å². The second kappa shape index (κ2) is 8.48. The molecular formula is C10H22O3. The smallest absolute Gasteiger partial charge is 0.153 e. The van der Waals surface area contributed by atoms with E-state index in [0.717, 1.165) is 12.8 Å². The van der Waals surface area contributed by atoms with Gasteiger partial charge >= 0.3 is 0 Å². The molecule has 2 N–H and O–H groups in total. The lowest BCUT2D eigenvalue weighted by molar-refractivity contribution is -0.0748. The molecule has 0 spiro atoms. The average Bonchev–Trinajstić information content (AvgIpc) is 2.19. The summed E-state index contributed by atoms with van der Waals surface area (Å²) in [4.78, 5) is 0. The summed E-state index contributed by atoms with van der Waals surface area (Å²) in [5.74, 6) is 0. The molecule has 0 aromatic heterocycles. The zero-order valence-electron chi connectivity index (χ0n) is 8.70. The van der Waals surface area contributed by atoms with Gasteiger partial charge in [-0.25, -0.2) is 0 Å². The summed E-state index contributed by atoms with van der Waals surface area (Å²) < 4.78 is 4.45. The molecule has 1 atom stereocenters. The Morgan fingerprint density at radius 1 is 1.31 bits per heavy atom. The van der Waals surface area contributed by atoms with Gasteiger partial charge in [0, 0.05) is 7.11 Å². The number of aliphatic hydroxyl groups is 2. The van der Waals surface area contributed by atoms with Crippen molar-refractivity contribution in [1.82, 2.24) is 0 Å². The van der Waals surface area contributed by atoms with Crippen LogP contribution in [-0.2, 0) is 4.74 Å². The molecule has 0 aromatic carbocycles. The van der Waals surface area contributed by atoms with Crippen LogP contribution in [-0.4, -0.2) is 29.7 Å². The molecule has 0 saturated heterocycles. The van der Waals surface area contributed by atoms with Crippen LogP contribution in [0.15, 0.2) is 0 Å². The molecule has 1 unspecified atom stereocenters. The number of aliphatic hydroxyl groups excluding tert-OH is 2. The van der Waals surface area contributed by atoms with Crippen LogP contribution in [0.5, 0.6) is 0 Å². The third kappa shape index (κ3) is 8.22. The number of hydrogen-bond donors (Lipinski definition) is 2. The van der Waals surface area contributed by atoms with E-state index in [4.69, 9.17) is 10.2 Å². The lowest BCUT2D eigenvalue weighted by atomic mass is 9.98. The van der Waals surface area contributed by atoms with E-state index < -0.39 is 6.29 Å². The molecule has 3 nitrogen and oxygen atoms in total. The Kier molecular flexibility index (Phi) is 8.40. The van der Waals surface area contributed by atoms with Crippen molar-refractivity contribution >= 4 is 0 Å². The Balaban J connectivity index is 0.000000226. The molecule has 1 aliphatic rings. The average molecular weight is 190 g/mol. The highest BCUT2D eigenvalue weighted by Gasteiger charge is 2.07. The van der Waals surface area contributed by atoms with Crippen molar-refractivity contribution in [3.05, 3.63) is 0 Å². The SMILES string of the molecule is CCC(O)OC.OC1CCCCC1.